The Kier molecular flexibility index (Phi) is 13.2. The summed E-state index contributed by atoms with van der Waals surface area (Å²) in [5.41, 5.74) is 20.7. The Hall–Kier alpha value is -15.7. The first kappa shape index (κ1) is 65.4. The number of para-hydroxylation sites is 3. The number of hydrogen-bond acceptors (Lipinski definition) is 9. The van der Waals surface area contributed by atoms with Gasteiger partial charge in [-0.2, -0.15) is 0 Å². The lowest BCUT2D eigenvalue weighted by Crippen LogP contribution is -2.04. The Balaban J connectivity index is 0.594. The van der Waals surface area contributed by atoms with Crippen molar-refractivity contribution in [2.45, 2.75) is 0 Å². The fourth-order valence-electron chi connectivity index (χ4n) is 20.4. The van der Waals surface area contributed by atoms with Gasteiger partial charge in [-0.25, -0.2) is 19.9 Å². The molecule has 0 bridgehead atoms. The summed E-state index contributed by atoms with van der Waals surface area (Å²) in [6, 6.07) is 123. The van der Waals surface area contributed by atoms with Crippen molar-refractivity contribution >= 4 is 237 Å². The summed E-state index contributed by atoms with van der Waals surface area (Å²) >= 11 is 3.78. The molecule has 10 aromatic heterocycles. The summed E-state index contributed by atoms with van der Waals surface area (Å²) in [6.45, 7) is 0. The highest BCUT2D eigenvalue weighted by atomic mass is 32.1. The van der Waals surface area contributed by atoms with E-state index >= 15 is 0 Å². The topological polar surface area (TPSA) is 106 Å². The summed E-state index contributed by atoms with van der Waals surface area (Å²) < 4.78 is 26.4. The van der Waals surface area contributed by atoms with Gasteiger partial charge in [-0.1, -0.05) is 243 Å². The lowest BCUT2D eigenvalue weighted by molar-refractivity contribution is 0.654. The van der Waals surface area contributed by atoms with E-state index in [1.807, 2.05) is 47.2 Å². The molecule has 558 valence electrons. The molecular weight excluding hydrogens is 1520 g/mol. The Morgan fingerprint density at radius 2 is 0.777 bits per heavy atom. The van der Waals surface area contributed by atoms with Crippen molar-refractivity contribution in [1.29, 1.82) is 0 Å². The van der Waals surface area contributed by atoms with Crippen LogP contribution >= 0.6 is 22.7 Å². The van der Waals surface area contributed by atoms with Gasteiger partial charge in [0, 0.05) is 119 Å². The molecule has 0 aliphatic heterocycles. The van der Waals surface area contributed by atoms with Crippen LogP contribution in [0.25, 0.3) is 277 Å². The van der Waals surface area contributed by atoms with Crippen LogP contribution in [0.3, 0.4) is 0 Å². The first-order valence-corrected chi connectivity index (χ1v) is 42.5. The summed E-state index contributed by atoms with van der Waals surface area (Å²) in [5, 5.41) is 26.9. The van der Waals surface area contributed by atoms with Crippen molar-refractivity contribution in [3.63, 3.8) is 0 Å². The van der Waals surface area contributed by atoms with Crippen LogP contribution < -0.4 is 0 Å². The van der Waals surface area contributed by atoms with Crippen molar-refractivity contribution in [2.24, 2.45) is 0 Å². The predicted molar refractivity (Wildman–Crippen MR) is 506 cm³/mol. The normalized spacial score (nSPS) is 12.5. The van der Waals surface area contributed by atoms with E-state index in [0.29, 0.717) is 16.8 Å². The number of pyridine rings is 1. The molecule has 28 aromatic rings. The average molecular weight is 1580 g/mol. The van der Waals surface area contributed by atoms with E-state index in [0.717, 1.165) is 155 Å². The number of hydrogen-bond donors (Lipinski definition) is 0. The SMILES string of the molecule is c1ccc(-c2nc3c(nc2-c2cccc(-n4c5ccccc5c5c6ccccc6c6c7ccc8ccccc8c7sc6c54)c2)oc2cc(-c4ccc5c(ccc6c7cc8nc(-n9c%10ccccc%10c%10c%11ccccc%11c%11c%12ccc%13ccccc%13c%12sc%11c%109)c(-c9ccc%10c(c9)c9ccccc9n%10-c9cccnc9)nc8cc7oc56)c4)ccc23)cc1. The maximum atomic E-state index is 7.16. The van der Waals surface area contributed by atoms with E-state index < -0.39 is 0 Å². The molecule has 0 unspecified atom stereocenters. The van der Waals surface area contributed by atoms with E-state index in [2.05, 4.69) is 346 Å². The minimum atomic E-state index is 0.470. The van der Waals surface area contributed by atoms with E-state index in [1.165, 1.54) is 105 Å². The fourth-order valence-corrected chi connectivity index (χ4v) is 23.1. The predicted octanol–water partition coefficient (Wildman–Crippen LogP) is 30.1. The van der Waals surface area contributed by atoms with Crippen molar-refractivity contribution < 1.29 is 8.83 Å². The molecule has 0 aliphatic rings. The first-order chi connectivity index (χ1) is 60.0. The number of thiophene rings is 2. The minimum absolute atomic E-state index is 0.470. The second kappa shape index (κ2) is 24.4. The Labute approximate surface area is 694 Å². The smallest absolute Gasteiger partial charge is 0.246 e. The second-order valence-corrected chi connectivity index (χ2v) is 34.0. The van der Waals surface area contributed by atoms with Gasteiger partial charge in [-0.05, 0) is 151 Å². The molecule has 0 radical (unpaired) electrons. The molecule has 0 aliphatic carbocycles. The zero-order valence-corrected chi connectivity index (χ0v) is 65.8. The van der Waals surface area contributed by atoms with Crippen LogP contribution in [-0.4, -0.2) is 38.6 Å². The Morgan fingerprint density at radius 3 is 1.47 bits per heavy atom. The summed E-state index contributed by atoms with van der Waals surface area (Å²) in [5.74, 6) is 0.739. The minimum Gasteiger partial charge on any atom is -0.455 e. The first-order valence-electron chi connectivity index (χ1n) is 40.8. The van der Waals surface area contributed by atoms with E-state index in [1.54, 1.807) is 0 Å². The molecule has 28 rings (SSSR count). The molecule has 0 saturated carbocycles. The maximum absolute atomic E-state index is 7.16. The lowest BCUT2D eigenvalue weighted by Gasteiger charge is -2.15. The van der Waals surface area contributed by atoms with Crippen molar-refractivity contribution in [3.05, 3.63) is 352 Å². The molecular formula is C109H58N8O2S2. The van der Waals surface area contributed by atoms with Crippen LogP contribution in [-0.2, 0) is 0 Å². The van der Waals surface area contributed by atoms with Crippen molar-refractivity contribution in [3.8, 4) is 62.1 Å². The Bertz CT molecular complexity index is 9520. The van der Waals surface area contributed by atoms with E-state index in [-0.39, 0.29) is 0 Å². The van der Waals surface area contributed by atoms with Gasteiger partial charge in [0.15, 0.2) is 5.82 Å². The third kappa shape index (κ3) is 9.15. The zero-order chi connectivity index (χ0) is 78.6. The van der Waals surface area contributed by atoms with Crippen LogP contribution in [0.4, 0.5) is 0 Å². The Morgan fingerprint density at radius 1 is 0.256 bits per heavy atom. The monoisotopic (exact) mass is 1570 g/mol. The van der Waals surface area contributed by atoms with Gasteiger partial charge in [0.05, 0.1) is 71.1 Å². The molecule has 0 atom stereocenters. The van der Waals surface area contributed by atoms with Crippen LogP contribution in [0.5, 0.6) is 0 Å². The van der Waals surface area contributed by atoms with Gasteiger partial charge in [0.2, 0.25) is 5.71 Å². The number of nitrogens with zero attached hydrogens (tertiary/aromatic N) is 8. The lowest BCUT2D eigenvalue weighted by atomic mass is 9.98. The highest BCUT2D eigenvalue weighted by molar-refractivity contribution is 7.28. The van der Waals surface area contributed by atoms with Gasteiger partial charge < -0.3 is 18.0 Å². The largest absolute Gasteiger partial charge is 0.455 e. The molecule has 12 heteroatoms. The van der Waals surface area contributed by atoms with Crippen LogP contribution in [0.15, 0.2) is 361 Å². The zero-order valence-electron chi connectivity index (χ0n) is 64.2. The molecule has 0 spiro atoms. The molecule has 121 heavy (non-hydrogen) atoms. The van der Waals surface area contributed by atoms with Gasteiger partial charge in [-0.3, -0.25) is 9.55 Å². The number of furan rings is 2. The second-order valence-electron chi connectivity index (χ2n) is 32.0. The highest BCUT2D eigenvalue weighted by Gasteiger charge is 2.30. The number of aromatic nitrogens is 8. The van der Waals surface area contributed by atoms with Crippen molar-refractivity contribution in [2.75, 3.05) is 0 Å². The van der Waals surface area contributed by atoms with Gasteiger partial charge >= 0.3 is 0 Å². The molecule has 0 N–H and O–H groups in total. The molecule has 0 fully saturated rings. The summed E-state index contributed by atoms with van der Waals surface area (Å²) in [4.78, 5) is 27.5. The number of fused-ring (bicyclic) bond motifs is 36. The molecule has 0 amide bonds. The van der Waals surface area contributed by atoms with E-state index in [4.69, 9.17) is 28.8 Å². The molecule has 18 aromatic carbocycles. The van der Waals surface area contributed by atoms with Crippen molar-refractivity contribution in [1.82, 2.24) is 38.6 Å². The maximum Gasteiger partial charge on any atom is 0.246 e. The quantitative estimate of drug-likeness (QED) is 0.156. The van der Waals surface area contributed by atoms with Crippen LogP contribution in [0, 0.1) is 0 Å². The van der Waals surface area contributed by atoms with Gasteiger partial charge in [0.25, 0.3) is 0 Å². The standard InChI is InChI=1S/C109H58N8O2S2/c1-2-22-61(23-3-1)97-98(65-24-18-25-67(53-65)116-88-37-16-13-34-78(88)93-73-30-8-10-32-75(73)95-81-48-39-59-20-4-6-27-70(59)104(81)120-106(95)101(93)116)114-109-100(113-97)80-47-42-63(55-91(80)119-109)62-41-45-69-64(52-62)43-46-77-84-56-85-86(57-92(84)118-103(69)77)111-99(66-44-50-90-83(54-66)72-29-12-15-36-87(72)115(90)68-26-19-51-110-58-68)108(112-85)117-89-38-17-14-35-79(89)94-74-31-9-11-33-76(74)96-82-49-40-60-21-5-7-28-71(60)105(82)121-107(96)102(94)117/h1-58H. The third-order valence-electron chi connectivity index (χ3n) is 25.6. The molecule has 10 nitrogen and oxygen atoms in total. The summed E-state index contributed by atoms with van der Waals surface area (Å²) in [7, 11) is 0. The summed E-state index contributed by atoms with van der Waals surface area (Å²) in [6.07, 6.45) is 3.76. The fraction of sp³-hybridized carbons (Fsp3) is 0. The van der Waals surface area contributed by atoms with Crippen LogP contribution in [0.2, 0.25) is 0 Å². The average Bonchev–Trinajstić information content (AvgIpc) is 1.53. The molecule has 0 saturated heterocycles. The highest BCUT2D eigenvalue weighted by Crippen LogP contribution is 2.54. The van der Waals surface area contributed by atoms with Crippen LogP contribution in [0.1, 0.15) is 0 Å². The van der Waals surface area contributed by atoms with Gasteiger partial charge in [-0.15, -0.1) is 22.7 Å². The third-order valence-corrected chi connectivity index (χ3v) is 28.1. The van der Waals surface area contributed by atoms with Gasteiger partial charge in [0.1, 0.15) is 33.7 Å². The number of benzene rings is 18. The molecule has 10 heterocycles. The number of rotatable bonds is 7. The van der Waals surface area contributed by atoms with E-state index in [9.17, 15) is 0 Å².